The fourth-order valence-corrected chi connectivity index (χ4v) is 16.1. The quantitative estimate of drug-likeness (QED) is 0.259. The van der Waals surface area contributed by atoms with E-state index >= 15 is 0 Å². The fourth-order valence-electron chi connectivity index (χ4n) is 2.07. The van der Waals surface area contributed by atoms with E-state index in [4.69, 9.17) is 0 Å². The first kappa shape index (κ1) is 19.1. The maximum absolute atomic E-state index is 2.46. The monoisotopic (exact) mass is 379 g/mol. The van der Waals surface area contributed by atoms with Gasteiger partial charge in [-0.05, 0) is 0 Å². The van der Waals surface area contributed by atoms with Crippen LogP contribution in [-0.2, 0) is 0 Å². The van der Waals surface area contributed by atoms with Gasteiger partial charge in [0.1, 0.15) is 0 Å². The Morgan fingerprint density at radius 2 is 1.44 bits per heavy atom. The van der Waals surface area contributed by atoms with Crippen molar-refractivity contribution in [3.8, 4) is 0 Å². The normalized spacial score (nSPS) is 11.7. The summed E-state index contributed by atoms with van der Waals surface area (Å²) in [7, 11) is 2.46. The molecular weight excluding hydrogens is 343 g/mol. The molecule has 0 aromatic heterocycles. The van der Waals surface area contributed by atoms with E-state index in [0.29, 0.717) is 0 Å². The summed E-state index contributed by atoms with van der Waals surface area (Å²) in [6.07, 6.45) is 11.7. The van der Waals surface area contributed by atoms with Gasteiger partial charge < -0.3 is 0 Å². The molecule has 0 saturated heterocycles. The fraction of sp³-hybridized carbons (Fsp3) is 1.00. The standard InChI is InChI=1S/C8H18S.2C4H9.Sn/c1-8(2)6-4-3-5-7-9;2*1-3-4-2;/h8-9H,3-7H2,1-2H3;2*1,3-4H2,2H3;/q;;;+1/p-1. The van der Waals surface area contributed by atoms with Crippen molar-refractivity contribution in [3.63, 3.8) is 0 Å². The van der Waals surface area contributed by atoms with Crippen molar-refractivity contribution in [2.75, 3.05) is 5.75 Å². The van der Waals surface area contributed by atoms with Gasteiger partial charge in [-0.25, -0.2) is 0 Å². The molecule has 1 radical (unpaired) electrons. The van der Waals surface area contributed by atoms with E-state index in [9.17, 15) is 0 Å². The van der Waals surface area contributed by atoms with E-state index < -0.39 is 18.4 Å². The first-order valence-corrected chi connectivity index (χ1v) is 16.7. The Morgan fingerprint density at radius 1 is 0.833 bits per heavy atom. The van der Waals surface area contributed by atoms with E-state index in [1.54, 1.807) is 8.87 Å². The summed E-state index contributed by atoms with van der Waals surface area (Å²) in [5.74, 6) is 2.39. The van der Waals surface area contributed by atoms with E-state index in [1.807, 2.05) is 0 Å². The molecule has 0 spiro atoms. The van der Waals surface area contributed by atoms with Gasteiger partial charge in [-0.1, -0.05) is 0 Å². The maximum atomic E-state index is 2.46. The van der Waals surface area contributed by atoms with Gasteiger partial charge in [0.05, 0.1) is 0 Å². The molecule has 0 amide bonds. The predicted molar refractivity (Wildman–Crippen MR) is 90.9 cm³/mol. The van der Waals surface area contributed by atoms with Crippen molar-refractivity contribution in [2.45, 2.75) is 87.9 Å². The van der Waals surface area contributed by atoms with Crippen LogP contribution in [0.1, 0.15) is 79.1 Å². The zero-order valence-corrected chi connectivity index (χ0v) is 16.9. The molecule has 0 saturated carbocycles. The van der Waals surface area contributed by atoms with Crippen LogP contribution in [0, 0.1) is 5.92 Å². The van der Waals surface area contributed by atoms with Crippen LogP contribution in [0.15, 0.2) is 0 Å². The zero-order valence-electron chi connectivity index (χ0n) is 13.3. The average Bonchev–Trinajstić information content (AvgIpc) is 2.35. The van der Waals surface area contributed by atoms with Crippen molar-refractivity contribution in [1.29, 1.82) is 0 Å². The molecule has 0 heterocycles. The Kier molecular flexibility index (Phi) is 15.5. The summed E-state index contributed by atoms with van der Waals surface area (Å²) in [6, 6.07) is 0. The van der Waals surface area contributed by atoms with Gasteiger partial charge in [-0.2, -0.15) is 0 Å². The van der Waals surface area contributed by atoms with Crippen LogP contribution >= 0.6 is 8.95 Å². The van der Waals surface area contributed by atoms with E-state index in [1.165, 1.54) is 57.1 Å². The second-order valence-corrected chi connectivity index (χ2v) is 18.8. The van der Waals surface area contributed by atoms with Gasteiger partial charge in [0.25, 0.3) is 0 Å². The number of hydrogen-bond acceptors (Lipinski definition) is 1. The Balaban J connectivity index is 3.49. The van der Waals surface area contributed by atoms with Crippen LogP contribution in [0.5, 0.6) is 0 Å². The van der Waals surface area contributed by atoms with Crippen molar-refractivity contribution < 1.29 is 0 Å². The first-order valence-electron chi connectivity index (χ1n) is 8.18. The van der Waals surface area contributed by atoms with Crippen molar-refractivity contribution in [1.82, 2.24) is 0 Å². The molecule has 0 rings (SSSR count). The first-order chi connectivity index (χ1) is 8.70. The molecule has 0 atom stereocenters. The van der Waals surface area contributed by atoms with Crippen LogP contribution in [0.25, 0.3) is 0 Å². The van der Waals surface area contributed by atoms with Gasteiger partial charge >= 0.3 is 127 Å². The van der Waals surface area contributed by atoms with Crippen molar-refractivity contribution >= 4 is 27.3 Å². The molecule has 0 N–H and O–H groups in total. The molecule has 2 heteroatoms. The Labute approximate surface area is 126 Å². The molecule has 109 valence electrons. The second-order valence-electron chi connectivity index (χ2n) is 5.84. The van der Waals surface area contributed by atoms with Crippen LogP contribution in [0.2, 0.25) is 8.87 Å². The minimum absolute atomic E-state index is 0.901. The molecule has 0 unspecified atom stereocenters. The van der Waals surface area contributed by atoms with Crippen molar-refractivity contribution in [2.24, 2.45) is 5.92 Å². The zero-order chi connectivity index (χ0) is 13.6. The number of unbranched alkanes of at least 4 members (excludes halogenated alkanes) is 4. The third kappa shape index (κ3) is 13.6. The van der Waals surface area contributed by atoms with Crippen LogP contribution in [-0.4, -0.2) is 24.1 Å². The molecule has 0 nitrogen and oxygen atoms in total. The van der Waals surface area contributed by atoms with Gasteiger partial charge in [0.15, 0.2) is 0 Å². The minimum atomic E-state index is -0.997. The SMILES string of the molecule is CCC[CH2][Sn]([CH2]CCC)[S]CCCCCC(C)C. The third-order valence-electron chi connectivity index (χ3n) is 3.35. The summed E-state index contributed by atoms with van der Waals surface area (Å²) in [4.78, 5) is 0. The molecule has 0 aliphatic rings. The van der Waals surface area contributed by atoms with Crippen molar-refractivity contribution in [3.05, 3.63) is 0 Å². The molecule has 0 fully saturated rings. The summed E-state index contributed by atoms with van der Waals surface area (Å²) in [6.45, 7) is 9.38. The third-order valence-corrected chi connectivity index (χ3v) is 17.4. The van der Waals surface area contributed by atoms with Gasteiger partial charge in [-0.15, -0.1) is 0 Å². The molecule has 18 heavy (non-hydrogen) atoms. The number of rotatable bonds is 13. The molecule has 0 aliphatic carbocycles. The summed E-state index contributed by atoms with van der Waals surface area (Å²) in [5.41, 5.74) is 0. The van der Waals surface area contributed by atoms with Crippen LogP contribution in [0.3, 0.4) is 0 Å². The van der Waals surface area contributed by atoms with Crippen LogP contribution in [0.4, 0.5) is 0 Å². The predicted octanol–water partition coefficient (Wildman–Crippen LogP) is 6.53. The van der Waals surface area contributed by atoms with Gasteiger partial charge in [-0.3, -0.25) is 0 Å². The molecular formula is C16H35SSn. The van der Waals surface area contributed by atoms with Gasteiger partial charge in [0.2, 0.25) is 0 Å². The summed E-state index contributed by atoms with van der Waals surface area (Å²) >= 11 is -0.997. The summed E-state index contributed by atoms with van der Waals surface area (Å²) in [5, 5.41) is 0. The van der Waals surface area contributed by atoms with Crippen LogP contribution < -0.4 is 0 Å². The molecule has 0 aliphatic heterocycles. The Hall–Kier alpha value is 1.15. The Morgan fingerprint density at radius 3 is 1.94 bits per heavy atom. The molecule has 0 aromatic carbocycles. The van der Waals surface area contributed by atoms with E-state index in [2.05, 4.69) is 36.6 Å². The van der Waals surface area contributed by atoms with E-state index in [-0.39, 0.29) is 0 Å². The average molecular weight is 378 g/mol. The van der Waals surface area contributed by atoms with E-state index in [0.717, 1.165) is 5.92 Å². The van der Waals surface area contributed by atoms with Gasteiger partial charge in [0, 0.05) is 0 Å². The molecule has 0 aromatic rings. The Bertz CT molecular complexity index is 151. The second kappa shape index (κ2) is 14.6. The topological polar surface area (TPSA) is 0 Å². The number of hydrogen-bond donors (Lipinski definition) is 0. The molecule has 0 bridgehead atoms. The summed E-state index contributed by atoms with van der Waals surface area (Å²) < 4.78 is 3.30.